The summed E-state index contributed by atoms with van der Waals surface area (Å²) < 4.78 is 10.7. The molecule has 3 rings (SSSR count). The Morgan fingerprint density at radius 3 is 2.52 bits per heavy atom. The highest BCUT2D eigenvalue weighted by Crippen LogP contribution is 2.33. The lowest BCUT2D eigenvalue weighted by molar-refractivity contribution is -0.111. The molecule has 1 fully saturated rings. The number of piperidine rings is 1. The average Bonchev–Trinajstić information content (AvgIpc) is 2.92. The number of likely N-dealkylation sites (tertiary alicyclic amines) is 1. The number of benzene rings is 1. The van der Waals surface area contributed by atoms with E-state index in [1.807, 2.05) is 13.8 Å². The van der Waals surface area contributed by atoms with Gasteiger partial charge in [-0.25, -0.2) is 14.8 Å². The quantitative estimate of drug-likeness (QED) is 0.346. The number of allylic oxidation sites excluding steroid dienone is 2. The summed E-state index contributed by atoms with van der Waals surface area (Å²) in [6, 6.07) is 5.21. The number of rotatable bonds is 11. The van der Waals surface area contributed by atoms with E-state index in [4.69, 9.17) is 36.8 Å². The number of halogens is 1. The van der Waals surface area contributed by atoms with Gasteiger partial charge >= 0.3 is 6.09 Å². The van der Waals surface area contributed by atoms with Crippen LogP contribution in [0, 0.1) is 12.8 Å². The predicted molar refractivity (Wildman–Crippen MR) is 156 cm³/mol. The number of nitrogens with zero attached hydrogens (tertiary/aromatic N) is 3. The highest BCUT2D eigenvalue weighted by molar-refractivity contribution is 6.33. The molecule has 1 amide bonds. The number of hydrogen-bond acceptors (Lipinski definition) is 8. The molecule has 0 unspecified atom stereocenters. The Labute approximate surface area is 241 Å². The summed E-state index contributed by atoms with van der Waals surface area (Å²) in [4.78, 5) is 35.9. The number of carbonyl (C=O) groups is 2. The van der Waals surface area contributed by atoms with E-state index in [9.17, 15) is 14.7 Å². The summed E-state index contributed by atoms with van der Waals surface area (Å²) >= 11 is 6.61. The van der Waals surface area contributed by atoms with Gasteiger partial charge in [-0.05, 0) is 82.6 Å². The lowest BCUT2D eigenvalue weighted by Gasteiger charge is -2.31. The van der Waals surface area contributed by atoms with Gasteiger partial charge in [-0.3, -0.25) is 4.79 Å². The number of methoxy groups -OCH3 is 1. The molecule has 1 saturated heterocycles. The maximum atomic E-state index is 12.6. The third kappa shape index (κ3) is 7.95. The second-order valence-electron chi connectivity index (χ2n) is 10.4. The summed E-state index contributed by atoms with van der Waals surface area (Å²) in [5.41, 5.74) is 9.57. The number of hydrogen-bond donors (Lipinski definition) is 2. The van der Waals surface area contributed by atoms with E-state index in [1.54, 1.807) is 30.0 Å². The van der Waals surface area contributed by atoms with E-state index in [-0.39, 0.29) is 18.5 Å². The molecular weight excluding hydrogens is 532 g/mol. The molecule has 0 aliphatic carbocycles. The van der Waals surface area contributed by atoms with Crippen molar-refractivity contribution < 1.29 is 24.2 Å². The van der Waals surface area contributed by atoms with E-state index in [1.165, 1.54) is 14.0 Å². The van der Waals surface area contributed by atoms with Crippen molar-refractivity contribution in [3.63, 3.8) is 0 Å². The number of aliphatic hydroxyl groups is 1. The molecule has 1 atom stereocenters. The highest BCUT2D eigenvalue weighted by atomic mass is 35.5. The summed E-state index contributed by atoms with van der Waals surface area (Å²) in [6.07, 6.45) is 3.96. The van der Waals surface area contributed by atoms with Gasteiger partial charge in [0.15, 0.2) is 11.6 Å². The van der Waals surface area contributed by atoms with Gasteiger partial charge in [-0.1, -0.05) is 24.9 Å². The molecule has 2 heterocycles. The van der Waals surface area contributed by atoms with E-state index in [0.717, 1.165) is 36.9 Å². The second kappa shape index (κ2) is 14.5. The number of nitrogens with two attached hydrogens (primary N) is 1. The van der Waals surface area contributed by atoms with E-state index in [0.29, 0.717) is 71.0 Å². The minimum Gasteiger partial charge on any atom is -0.491 e. The van der Waals surface area contributed by atoms with Gasteiger partial charge in [0.1, 0.15) is 12.4 Å². The molecule has 0 saturated carbocycles. The molecule has 2 aromatic rings. The first-order valence-corrected chi connectivity index (χ1v) is 14.2. The summed E-state index contributed by atoms with van der Waals surface area (Å²) in [5.74, 6) is 1.16. The van der Waals surface area contributed by atoms with Gasteiger partial charge in [0.2, 0.25) is 0 Å². The van der Waals surface area contributed by atoms with Gasteiger partial charge < -0.3 is 25.2 Å². The Bertz CT molecular complexity index is 1240. The monoisotopic (exact) mass is 572 g/mol. The van der Waals surface area contributed by atoms with Crippen LogP contribution in [0.2, 0.25) is 5.02 Å². The molecule has 0 radical (unpaired) electrons. The summed E-state index contributed by atoms with van der Waals surface area (Å²) in [6.45, 7) is 8.58. The molecule has 0 bridgehead atoms. The van der Waals surface area contributed by atoms with Crippen molar-refractivity contribution in [1.82, 2.24) is 14.9 Å². The Kier molecular flexibility index (Phi) is 11.3. The largest absolute Gasteiger partial charge is 0.491 e. The first kappa shape index (κ1) is 31.4. The van der Waals surface area contributed by atoms with Crippen molar-refractivity contribution in [3.05, 3.63) is 45.9 Å². The number of amides is 1. The lowest BCUT2D eigenvalue weighted by atomic mass is 9.90. The van der Waals surface area contributed by atoms with Crippen molar-refractivity contribution in [2.24, 2.45) is 11.7 Å². The molecule has 40 heavy (non-hydrogen) atoms. The van der Waals surface area contributed by atoms with Crippen LogP contribution >= 0.6 is 11.6 Å². The molecule has 1 aromatic carbocycles. The topological polar surface area (TPSA) is 128 Å². The first-order valence-electron chi connectivity index (χ1n) is 13.8. The number of aromatic nitrogens is 2. The number of aliphatic hydroxyl groups excluding tert-OH is 1. The number of Topliss-reactive ketones (excluding diaryl/α,β-unsaturated/α-hetero) is 1. The minimum absolute atomic E-state index is 0.165. The normalized spacial score (nSPS) is 15.4. The van der Waals surface area contributed by atoms with Crippen molar-refractivity contribution in [3.8, 4) is 17.1 Å². The zero-order chi connectivity index (χ0) is 29.4. The number of aryl methyl sites for hydroxylation is 1. The molecule has 10 heteroatoms. The van der Waals surface area contributed by atoms with Crippen molar-refractivity contribution in [1.29, 1.82) is 0 Å². The molecule has 218 valence electrons. The number of carbonyl (C=O) groups excluding carboxylic acids is 2. The zero-order valence-electron chi connectivity index (χ0n) is 24.1. The van der Waals surface area contributed by atoms with Crippen LogP contribution in [0.25, 0.3) is 17.0 Å². The van der Waals surface area contributed by atoms with Crippen LogP contribution < -0.4 is 10.5 Å². The standard InChI is InChI=1S/C30H41ClN4O5/c1-6-7-22(37)17-40-23-9-10-25(31)24(16-23)29-33-26(18(2)28(34-29)27(19(3)32)20(4)36)11-8-21-12-14-35(15-13-21)30(38)39-5/h9-10,16,21-22,37H,6-8,11-15,17,32H2,1-5H3/t22-/m1/s1. The zero-order valence-corrected chi connectivity index (χ0v) is 24.9. The Morgan fingerprint density at radius 2 is 1.93 bits per heavy atom. The second-order valence-corrected chi connectivity index (χ2v) is 10.8. The van der Waals surface area contributed by atoms with Crippen molar-refractivity contribution >= 4 is 29.1 Å². The molecule has 9 nitrogen and oxygen atoms in total. The summed E-state index contributed by atoms with van der Waals surface area (Å²) in [5, 5.41) is 10.5. The van der Waals surface area contributed by atoms with Gasteiger partial charge in [-0.2, -0.15) is 0 Å². The van der Waals surface area contributed by atoms with Gasteiger partial charge in [-0.15, -0.1) is 0 Å². The molecule has 0 spiro atoms. The lowest BCUT2D eigenvalue weighted by Crippen LogP contribution is -2.38. The number of ether oxygens (including phenoxy) is 2. The van der Waals surface area contributed by atoms with Crippen molar-refractivity contribution in [2.75, 3.05) is 26.8 Å². The molecule has 1 aliphatic heterocycles. The molecule has 1 aliphatic rings. The number of ketones is 1. The fourth-order valence-corrected chi connectivity index (χ4v) is 5.25. The Balaban J connectivity index is 1.95. The smallest absolute Gasteiger partial charge is 0.409 e. The fourth-order valence-electron chi connectivity index (χ4n) is 5.05. The molecular formula is C30H41ClN4O5. The maximum Gasteiger partial charge on any atom is 0.409 e. The molecule has 3 N–H and O–H groups in total. The van der Waals surface area contributed by atoms with E-state index >= 15 is 0 Å². The SMILES string of the molecule is CCC[C@@H](O)COc1ccc(Cl)c(-c2nc(CCC3CCN(C(=O)OC)CC3)c(C)c(C(C(C)=O)=C(C)N)n2)c1. The van der Waals surface area contributed by atoms with Crippen LogP contribution in [0.4, 0.5) is 4.79 Å². The maximum absolute atomic E-state index is 12.6. The predicted octanol–water partition coefficient (Wildman–Crippen LogP) is 5.33. The van der Waals surface area contributed by atoms with Gasteiger partial charge in [0, 0.05) is 30.0 Å². The third-order valence-corrected chi connectivity index (χ3v) is 7.64. The van der Waals surface area contributed by atoms with Crippen LogP contribution in [-0.2, 0) is 16.0 Å². The third-order valence-electron chi connectivity index (χ3n) is 7.31. The fraction of sp³-hybridized carbons (Fsp3) is 0.533. The van der Waals surface area contributed by atoms with Crippen LogP contribution in [0.1, 0.15) is 69.8 Å². The minimum atomic E-state index is -0.562. The Morgan fingerprint density at radius 1 is 1.23 bits per heavy atom. The average molecular weight is 573 g/mol. The van der Waals surface area contributed by atoms with Crippen LogP contribution in [-0.4, -0.2) is 64.8 Å². The summed E-state index contributed by atoms with van der Waals surface area (Å²) in [7, 11) is 1.40. The Hall–Kier alpha value is -3.17. The van der Waals surface area contributed by atoms with Gasteiger partial charge in [0.05, 0.1) is 29.5 Å². The first-order chi connectivity index (χ1) is 19.0. The van der Waals surface area contributed by atoms with E-state index in [2.05, 4.69) is 0 Å². The van der Waals surface area contributed by atoms with Crippen LogP contribution in [0.15, 0.2) is 23.9 Å². The van der Waals surface area contributed by atoms with Crippen LogP contribution in [0.5, 0.6) is 5.75 Å². The highest BCUT2D eigenvalue weighted by Gasteiger charge is 2.25. The van der Waals surface area contributed by atoms with Crippen molar-refractivity contribution in [2.45, 2.75) is 72.3 Å². The van der Waals surface area contributed by atoms with Crippen LogP contribution in [0.3, 0.4) is 0 Å². The van der Waals surface area contributed by atoms with E-state index < -0.39 is 6.10 Å². The molecule has 1 aromatic heterocycles. The van der Waals surface area contributed by atoms with Gasteiger partial charge in [0.25, 0.3) is 0 Å².